The average Bonchev–Trinajstić information content (AvgIpc) is 3.45. The first kappa shape index (κ1) is 24.9. The van der Waals surface area contributed by atoms with Gasteiger partial charge in [-0.15, -0.1) is 0 Å². The van der Waals surface area contributed by atoms with Gasteiger partial charge in [0.05, 0.1) is 17.6 Å². The molecule has 186 valence electrons. The molecule has 0 aliphatic heterocycles. The van der Waals surface area contributed by atoms with Gasteiger partial charge in [0, 0.05) is 25.9 Å². The minimum Gasteiger partial charge on any atom is -0.388 e. The van der Waals surface area contributed by atoms with Crippen LogP contribution in [0.1, 0.15) is 41.0 Å². The quantitative estimate of drug-likeness (QED) is 0.298. The Hall–Kier alpha value is -3.23. The van der Waals surface area contributed by atoms with Crippen molar-refractivity contribution in [3.63, 3.8) is 0 Å². The van der Waals surface area contributed by atoms with E-state index in [0.29, 0.717) is 0 Å². The van der Waals surface area contributed by atoms with E-state index in [1.807, 2.05) is 42.0 Å². The lowest BCUT2D eigenvalue weighted by Crippen LogP contribution is -2.38. The van der Waals surface area contributed by atoms with Gasteiger partial charge in [-0.3, -0.25) is 13.7 Å². The Morgan fingerprint density at radius 1 is 1.20 bits per heavy atom. The van der Waals surface area contributed by atoms with Gasteiger partial charge in [-0.1, -0.05) is 30.3 Å². The number of ketones is 1. The number of carbonyl (C=O) groups is 1. The first-order valence-corrected chi connectivity index (χ1v) is 12.3. The molecule has 35 heavy (non-hydrogen) atoms. The number of aromatic nitrogens is 4. The van der Waals surface area contributed by atoms with E-state index < -0.39 is 40.4 Å². The fraction of sp³-hybridized carbons (Fsp3) is 0.364. The van der Waals surface area contributed by atoms with Gasteiger partial charge >= 0.3 is 10.3 Å². The van der Waals surface area contributed by atoms with Gasteiger partial charge in [0.2, 0.25) is 5.78 Å². The van der Waals surface area contributed by atoms with Crippen molar-refractivity contribution >= 4 is 21.9 Å². The summed E-state index contributed by atoms with van der Waals surface area (Å²) < 4.78 is 32.0. The van der Waals surface area contributed by atoms with Crippen molar-refractivity contribution in [1.29, 1.82) is 0 Å². The maximum absolute atomic E-state index is 13.2. The second-order valence-corrected chi connectivity index (χ2v) is 9.65. The fourth-order valence-corrected chi connectivity index (χ4v) is 4.54. The van der Waals surface area contributed by atoms with Gasteiger partial charge < -0.3 is 15.5 Å². The number of hydrogen-bond donors (Lipinski definition) is 4. The monoisotopic (exact) mass is 502 g/mol. The fourth-order valence-electron chi connectivity index (χ4n) is 3.92. The van der Waals surface area contributed by atoms with Crippen molar-refractivity contribution in [2.75, 3.05) is 12.4 Å². The molecule has 0 saturated heterocycles. The van der Waals surface area contributed by atoms with E-state index in [2.05, 4.69) is 20.4 Å². The Balaban J connectivity index is 1.52. The van der Waals surface area contributed by atoms with E-state index in [9.17, 15) is 23.4 Å². The molecule has 3 aromatic rings. The summed E-state index contributed by atoms with van der Waals surface area (Å²) >= 11 is 0. The molecule has 0 bridgehead atoms. The molecule has 1 fully saturated rings. The molecule has 2 aromatic heterocycles. The van der Waals surface area contributed by atoms with Crippen molar-refractivity contribution < 1.29 is 27.6 Å². The number of rotatable bonds is 9. The van der Waals surface area contributed by atoms with Crippen LogP contribution < -0.4 is 10.0 Å². The summed E-state index contributed by atoms with van der Waals surface area (Å²) in [5.41, 5.74) is 1.32. The van der Waals surface area contributed by atoms with Crippen molar-refractivity contribution in [1.82, 2.24) is 24.5 Å². The summed E-state index contributed by atoms with van der Waals surface area (Å²) in [7, 11) is -2.91. The molecule has 1 aromatic carbocycles. The lowest BCUT2D eigenvalue weighted by molar-refractivity contribution is -0.00882. The maximum Gasteiger partial charge on any atom is 0.335 e. The summed E-state index contributed by atoms with van der Waals surface area (Å²) in [6.45, 7) is 1.97. The van der Waals surface area contributed by atoms with Crippen LogP contribution in [0.5, 0.6) is 0 Å². The largest absolute Gasteiger partial charge is 0.388 e. The second-order valence-electron chi connectivity index (χ2n) is 8.14. The van der Waals surface area contributed by atoms with Crippen LogP contribution in [0.4, 0.5) is 5.82 Å². The predicted octanol–water partition coefficient (Wildman–Crippen LogP) is 0.269. The summed E-state index contributed by atoms with van der Waals surface area (Å²) in [5, 5.41) is 28.0. The smallest absolute Gasteiger partial charge is 0.335 e. The van der Waals surface area contributed by atoms with Gasteiger partial charge in [0.1, 0.15) is 36.2 Å². The molecule has 2 heterocycles. The Morgan fingerprint density at radius 3 is 2.66 bits per heavy atom. The molecule has 5 atom stereocenters. The number of benzene rings is 1. The number of carbonyl (C=O) groups excluding carboxylic acids is 1. The van der Waals surface area contributed by atoms with Crippen LogP contribution in [-0.4, -0.2) is 75.6 Å². The standard InChI is InChI=1S/C22H26N6O6S/c1-13(14-6-4-3-5-7-14)28-9-8-16(27-28)19(29)15-11-24-12-25-22(15)26-17-10-18(21(31)20(17)30)34-35(32,33)23-2/h3-9,11-13,17-18,20-21,23,30-31H,10H2,1-2H3,(H,24,25,26)/t13-,17-,18-,20+,21+/m1/s1. The molecule has 12 nitrogen and oxygen atoms in total. The topological polar surface area (TPSA) is 169 Å². The molecule has 0 spiro atoms. The van der Waals surface area contributed by atoms with E-state index in [0.717, 1.165) is 5.56 Å². The number of aliphatic hydroxyl groups excluding tert-OH is 2. The number of aliphatic hydroxyl groups is 2. The summed E-state index contributed by atoms with van der Waals surface area (Å²) in [4.78, 5) is 21.3. The van der Waals surface area contributed by atoms with Crippen molar-refractivity contribution in [2.45, 2.75) is 43.7 Å². The average molecular weight is 503 g/mol. The second kappa shape index (κ2) is 10.2. The van der Waals surface area contributed by atoms with Crippen molar-refractivity contribution in [3.05, 3.63) is 71.9 Å². The van der Waals surface area contributed by atoms with Crippen LogP contribution >= 0.6 is 0 Å². The number of anilines is 1. The Kier molecular flexibility index (Phi) is 7.23. The molecule has 1 aliphatic rings. The number of hydrogen-bond acceptors (Lipinski definition) is 10. The Labute approximate surface area is 202 Å². The molecular formula is C22H26N6O6S. The van der Waals surface area contributed by atoms with Gasteiger partial charge in [-0.05, 0) is 18.6 Å². The van der Waals surface area contributed by atoms with Gasteiger partial charge in [0.15, 0.2) is 0 Å². The normalized spacial score (nSPS) is 23.2. The van der Waals surface area contributed by atoms with Gasteiger partial charge in [-0.2, -0.15) is 18.2 Å². The van der Waals surface area contributed by atoms with Crippen molar-refractivity contribution in [2.24, 2.45) is 0 Å². The van der Waals surface area contributed by atoms with Crippen LogP contribution in [0.15, 0.2) is 55.1 Å². The number of nitrogens with zero attached hydrogens (tertiary/aromatic N) is 4. The summed E-state index contributed by atoms with van der Waals surface area (Å²) in [6, 6.07) is 10.4. The van der Waals surface area contributed by atoms with E-state index in [1.54, 1.807) is 16.9 Å². The van der Waals surface area contributed by atoms with Crippen LogP contribution in [0.2, 0.25) is 0 Å². The lowest BCUT2D eigenvalue weighted by Gasteiger charge is -2.19. The highest BCUT2D eigenvalue weighted by atomic mass is 32.2. The minimum absolute atomic E-state index is 0.0515. The third-order valence-electron chi connectivity index (χ3n) is 5.93. The van der Waals surface area contributed by atoms with E-state index in [1.165, 1.54) is 19.6 Å². The van der Waals surface area contributed by atoms with E-state index >= 15 is 0 Å². The van der Waals surface area contributed by atoms with Crippen LogP contribution in [-0.2, 0) is 14.5 Å². The summed E-state index contributed by atoms with van der Waals surface area (Å²) in [6.07, 6.45) is 0.201. The third-order valence-corrected chi connectivity index (χ3v) is 6.93. The van der Waals surface area contributed by atoms with Gasteiger partial charge in [-0.25, -0.2) is 9.97 Å². The lowest BCUT2D eigenvalue weighted by atomic mass is 10.1. The zero-order valence-corrected chi connectivity index (χ0v) is 19.8. The zero-order chi connectivity index (χ0) is 25.2. The number of nitrogens with one attached hydrogen (secondary N) is 2. The Bertz CT molecular complexity index is 1280. The zero-order valence-electron chi connectivity index (χ0n) is 19.0. The molecule has 1 saturated carbocycles. The molecule has 1 aliphatic carbocycles. The molecule has 4 N–H and O–H groups in total. The van der Waals surface area contributed by atoms with Crippen LogP contribution in [0.3, 0.4) is 0 Å². The highest BCUT2D eigenvalue weighted by Crippen LogP contribution is 2.28. The SMILES string of the molecule is CNS(=O)(=O)O[C@@H]1C[C@@H](Nc2ncncc2C(=O)c2ccn([C@H](C)c3ccccc3)n2)[C@H](O)[C@H]1O. The van der Waals surface area contributed by atoms with Crippen LogP contribution in [0, 0.1) is 0 Å². The molecular weight excluding hydrogens is 476 g/mol. The molecule has 0 radical (unpaired) electrons. The van der Waals surface area contributed by atoms with Crippen molar-refractivity contribution in [3.8, 4) is 0 Å². The van der Waals surface area contributed by atoms with E-state index in [4.69, 9.17) is 4.18 Å². The summed E-state index contributed by atoms with van der Waals surface area (Å²) in [5.74, 6) is -0.324. The van der Waals surface area contributed by atoms with Gasteiger partial charge in [0.25, 0.3) is 0 Å². The molecule has 0 unspecified atom stereocenters. The molecule has 4 rings (SSSR count). The highest BCUT2D eigenvalue weighted by molar-refractivity contribution is 7.84. The molecule has 0 amide bonds. The highest BCUT2D eigenvalue weighted by Gasteiger charge is 2.44. The first-order chi connectivity index (χ1) is 16.7. The maximum atomic E-state index is 13.2. The predicted molar refractivity (Wildman–Crippen MR) is 125 cm³/mol. The first-order valence-electron chi connectivity index (χ1n) is 10.9. The Morgan fingerprint density at radius 2 is 1.94 bits per heavy atom. The molecule has 13 heteroatoms. The van der Waals surface area contributed by atoms with Crippen LogP contribution in [0.25, 0.3) is 0 Å². The third kappa shape index (κ3) is 5.39. The van der Waals surface area contributed by atoms with E-state index in [-0.39, 0.29) is 29.5 Å². The minimum atomic E-state index is -4.08.